The smallest absolute Gasteiger partial charge is 0.358 e. The van der Waals surface area contributed by atoms with Crippen molar-refractivity contribution in [3.05, 3.63) is 70.9 Å². The van der Waals surface area contributed by atoms with Gasteiger partial charge in [-0.1, -0.05) is 44.2 Å². The molecule has 6 nitrogen and oxygen atoms in total. The number of aromatic amines is 1. The maximum atomic E-state index is 15.0. The fraction of sp³-hybridized carbons (Fsp3) is 0.610. The number of halogens is 3. The molecule has 5 saturated carbocycles. The normalized spacial score (nSPS) is 31.1. The number of alkyl halides is 3. The number of fused-ring (bicyclic) bond motifs is 1. The molecule has 2 unspecified atom stereocenters. The Morgan fingerprint density at radius 2 is 1.54 bits per heavy atom. The predicted molar refractivity (Wildman–Crippen MR) is 188 cm³/mol. The summed E-state index contributed by atoms with van der Waals surface area (Å²) in [6, 6.07) is 13.4. The highest BCUT2D eigenvalue weighted by Crippen LogP contribution is 2.67. The van der Waals surface area contributed by atoms with Crippen LogP contribution < -0.4 is 5.32 Å². The molecule has 2 amide bonds. The summed E-state index contributed by atoms with van der Waals surface area (Å²) in [4.78, 5) is 37.5. The van der Waals surface area contributed by atoms with Gasteiger partial charge in [-0.3, -0.25) is 9.59 Å². The molecule has 50 heavy (non-hydrogen) atoms. The van der Waals surface area contributed by atoms with Gasteiger partial charge in [0.1, 0.15) is 5.54 Å². The van der Waals surface area contributed by atoms with Crippen molar-refractivity contribution in [3.63, 3.8) is 0 Å². The number of aromatic nitrogens is 1. The Morgan fingerprint density at radius 3 is 2.14 bits per heavy atom. The largest absolute Gasteiger partial charge is 0.416 e. The third-order valence-electron chi connectivity index (χ3n) is 13.8. The van der Waals surface area contributed by atoms with Crippen molar-refractivity contribution in [1.29, 1.82) is 0 Å². The van der Waals surface area contributed by atoms with E-state index >= 15 is 4.79 Å². The lowest BCUT2D eigenvalue weighted by molar-refractivity contribution is -0.155. The van der Waals surface area contributed by atoms with E-state index in [1.54, 1.807) is 4.90 Å². The molecular weight excluding hydrogens is 637 g/mol. The third-order valence-corrected chi connectivity index (χ3v) is 13.8. The maximum Gasteiger partial charge on any atom is 0.416 e. The molecule has 9 rings (SSSR count). The second-order valence-corrected chi connectivity index (χ2v) is 17.5. The second kappa shape index (κ2) is 11.9. The fourth-order valence-corrected chi connectivity index (χ4v) is 11.4. The number of hydrogen-bond acceptors (Lipinski definition) is 3. The molecule has 2 aromatic carbocycles. The molecule has 2 atom stereocenters. The summed E-state index contributed by atoms with van der Waals surface area (Å²) >= 11 is 0. The van der Waals surface area contributed by atoms with Gasteiger partial charge in [0.2, 0.25) is 11.8 Å². The summed E-state index contributed by atoms with van der Waals surface area (Å²) in [6.07, 6.45) is 3.63. The van der Waals surface area contributed by atoms with Crippen LogP contribution in [0.2, 0.25) is 0 Å². The zero-order chi connectivity index (χ0) is 35.2. The minimum absolute atomic E-state index is 0.0631. The number of likely N-dealkylation sites (tertiary alicyclic amines) is 1. The van der Waals surface area contributed by atoms with Gasteiger partial charge >= 0.3 is 6.18 Å². The van der Waals surface area contributed by atoms with Crippen LogP contribution in [0.4, 0.5) is 13.2 Å². The minimum atomic E-state index is -4.45. The van der Waals surface area contributed by atoms with Crippen molar-refractivity contribution in [2.24, 2.45) is 29.1 Å². The van der Waals surface area contributed by atoms with Crippen LogP contribution in [0.25, 0.3) is 10.9 Å². The zero-order valence-electron chi connectivity index (χ0n) is 29.8. The molecule has 0 radical (unpaired) electrons. The van der Waals surface area contributed by atoms with Gasteiger partial charge in [0, 0.05) is 48.2 Å². The van der Waals surface area contributed by atoms with E-state index in [1.165, 1.54) is 42.3 Å². The number of nitrogens with zero attached hydrogens (tertiary/aromatic N) is 2. The number of benzene rings is 2. The molecule has 1 aromatic heterocycles. The number of piperidine rings is 1. The molecule has 1 saturated heterocycles. The quantitative estimate of drug-likeness (QED) is 0.251. The molecular formula is C41H51F3N4O2. The van der Waals surface area contributed by atoms with E-state index in [0.717, 1.165) is 42.6 Å². The first kappa shape index (κ1) is 33.8. The van der Waals surface area contributed by atoms with Crippen LogP contribution in [-0.4, -0.2) is 57.8 Å². The fourth-order valence-electron chi connectivity index (χ4n) is 11.4. The molecule has 2 N–H and O–H groups in total. The van der Waals surface area contributed by atoms with E-state index in [-0.39, 0.29) is 47.6 Å². The number of carbonyl (C=O) groups is 2. The SMILES string of the molecule is Cc1[nH]c2ccccc2c1C1C(CC(=O)N(Cc2ccc(C(F)(F)F)cc2)C2(C(=O)NC34CC5CC(CC(C5)C3)C4)CCN(C)CC2)C1(C)C. The van der Waals surface area contributed by atoms with Crippen LogP contribution in [-0.2, 0) is 22.3 Å². The number of aryl methyl sites for hydroxylation is 1. The van der Waals surface area contributed by atoms with E-state index in [4.69, 9.17) is 0 Å². The Balaban J connectivity index is 1.13. The van der Waals surface area contributed by atoms with Crippen molar-refractivity contribution in [3.8, 4) is 0 Å². The Morgan fingerprint density at radius 1 is 0.940 bits per heavy atom. The van der Waals surface area contributed by atoms with Crippen LogP contribution in [0, 0.1) is 36.0 Å². The summed E-state index contributed by atoms with van der Waals surface area (Å²) in [5, 5.41) is 4.82. The summed E-state index contributed by atoms with van der Waals surface area (Å²) < 4.78 is 40.6. The van der Waals surface area contributed by atoms with Gasteiger partial charge in [-0.25, -0.2) is 0 Å². The van der Waals surface area contributed by atoms with Gasteiger partial charge < -0.3 is 20.1 Å². The van der Waals surface area contributed by atoms with Crippen molar-refractivity contribution in [2.45, 2.75) is 108 Å². The molecule has 0 spiro atoms. The highest BCUT2D eigenvalue weighted by Gasteiger charge is 2.61. The maximum absolute atomic E-state index is 15.0. The lowest BCUT2D eigenvalue weighted by atomic mass is 9.53. The molecule has 9 heteroatoms. The van der Waals surface area contributed by atoms with Gasteiger partial charge in [-0.15, -0.1) is 0 Å². The van der Waals surface area contributed by atoms with E-state index in [2.05, 4.69) is 48.1 Å². The summed E-state index contributed by atoms with van der Waals surface area (Å²) in [7, 11) is 2.05. The number of hydrogen-bond donors (Lipinski definition) is 2. The van der Waals surface area contributed by atoms with Crippen LogP contribution in [0.1, 0.15) is 99.9 Å². The monoisotopic (exact) mass is 688 g/mol. The number of nitrogens with one attached hydrogen (secondary N) is 2. The highest BCUT2D eigenvalue weighted by molar-refractivity contribution is 5.93. The summed E-state index contributed by atoms with van der Waals surface area (Å²) in [5.74, 6) is 2.05. The minimum Gasteiger partial charge on any atom is -0.358 e. The zero-order valence-corrected chi connectivity index (χ0v) is 29.8. The number of carbonyl (C=O) groups excluding carboxylic acids is 2. The Kier molecular flexibility index (Phi) is 8.01. The molecule has 268 valence electrons. The highest BCUT2D eigenvalue weighted by atomic mass is 19.4. The van der Waals surface area contributed by atoms with E-state index < -0.39 is 17.3 Å². The van der Waals surface area contributed by atoms with Crippen LogP contribution in [0.15, 0.2) is 48.5 Å². The first-order valence-electron chi connectivity index (χ1n) is 18.7. The number of para-hydroxylation sites is 1. The molecule has 2 heterocycles. The third kappa shape index (κ3) is 5.75. The number of rotatable bonds is 8. The topological polar surface area (TPSA) is 68.4 Å². The lowest BCUT2D eigenvalue weighted by Crippen LogP contribution is -2.69. The van der Waals surface area contributed by atoms with E-state index in [1.807, 2.05) is 19.2 Å². The first-order valence-corrected chi connectivity index (χ1v) is 18.7. The van der Waals surface area contributed by atoms with Crippen LogP contribution in [0.3, 0.4) is 0 Å². The number of H-pyrrole nitrogens is 1. The molecule has 6 fully saturated rings. The lowest BCUT2D eigenvalue weighted by Gasteiger charge is -2.58. The summed E-state index contributed by atoms with van der Waals surface area (Å²) in [6.45, 7) is 7.97. The standard InChI is InChI=1S/C41H51F3N4O2/c1-25-35(31-7-5-6-8-33(31)45-25)36-32(38(36,2)3)20-34(49)48(24-26-9-11-30(12-10-26)41(42,43)44)40(13-15-47(4)16-14-40)37(50)46-39-21-27-17-28(22-39)19-29(18-27)23-39/h5-12,27-29,32,36,45H,13-24H2,1-4H3,(H,46,50). The first-order chi connectivity index (χ1) is 23.7. The Bertz CT molecular complexity index is 1750. The second-order valence-electron chi connectivity index (χ2n) is 17.5. The Labute approximate surface area is 293 Å². The molecule has 3 aromatic rings. The molecule has 1 aliphatic heterocycles. The average molecular weight is 689 g/mol. The van der Waals surface area contributed by atoms with Crippen LogP contribution >= 0.6 is 0 Å². The van der Waals surface area contributed by atoms with Gasteiger partial charge in [0.25, 0.3) is 0 Å². The van der Waals surface area contributed by atoms with Gasteiger partial charge in [-0.05, 0) is 130 Å². The van der Waals surface area contributed by atoms with Gasteiger partial charge in [0.05, 0.1) is 5.56 Å². The van der Waals surface area contributed by atoms with E-state index in [9.17, 15) is 18.0 Å². The van der Waals surface area contributed by atoms with E-state index in [0.29, 0.717) is 49.2 Å². The molecule has 5 aliphatic carbocycles. The predicted octanol–water partition coefficient (Wildman–Crippen LogP) is 8.20. The van der Waals surface area contributed by atoms with Crippen molar-refractivity contribution >= 4 is 22.7 Å². The average Bonchev–Trinajstić information content (AvgIpc) is 3.39. The Hall–Kier alpha value is -3.33. The molecule has 6 aliphatic rings. The molecule has 4 bridgehead atoms. The van der Waals surface area contributed by atoms with Crippen molar-refractivity contribution in [1.82, 2.24) is 20.1 Å². The van der Waals surface area contributed by atoms with Crippen molar-refractivity contribution in [2.75, 3.05) is 20.1 Å². The van der Waals surface area contributed by atoms with Gasteiger partial charge in [0.15, 0.2) is 0 Å². The number of amides is 2. The van der Waals surface area contributed by atoms with Gasteiger partial charge in [-0.2, -0.15) is 13.2 Å². The summed E-state index contributed by atoms with van der Waals surface area (Å²) in [5.41, 5.74) is 1.91. The van der Waals surface area contributed by atoms with Crippen LogP contribution in [0.5, 0.6) is 0 Å². The van der Waals surface area contributed by atoms with Crippen molar-refractivity contribution < 1.29 is 22.8 Å².